The zero-order valence-corrected chi connectivity index (χ0v) is 10.6. The molecule has 0 aromatic carbocycles. The maximum atomic E-state index is 12.5. The van der Waals surface area contributed by atoms with Crippen molar-refractivity contribution >= 4 is 5.91 Å². The van der Waals surface area contributed by atoms with Crippen LogP contribution in [-0.4, -0.2) is 46.8 Å². The van der Waals surface area contributed by atoms with E-state index in [2.05, 4.69) is 15.3 Å². The summed E-state index contributed by atoms with van der Waals surface area (Å²) in [6.07, 6.45) is 1.19. The first-order valence-electron chi connectivity index (χ1n) is 5.92. The number of carbonyl (C=O) groups excluding carboxylic acids is 1. The molecule has 5 nitrogen and oxygen atoms in total. The minimum Gasteiger partial charge on any atom is -0.349 e. The molecule has 18 heavy (non-hydrogen) atoms. The molecular formula is C11H18F2N4O. The minimum atomic E-state index is -2.80. The monoisotopic (exact) mass is 260 g/mol. The number of rotatable bonds is 7. The van der Waals surface area contributed by atoms with Crippen LogP contribution in [0.2, 0.25) is 0 Å². The number of alkyl halides is 2. The van der Waals surface area contributed by atoms with Crippen molar-refractivity contribution in [2.24, 2.45) is 0 Å². The Labute approximate surface area is 105 Å². The van der Waals surface area contributed by atoms with Gasteiger partial charge in [0.05, 0.1) is 0 Å². The quantitative estimate of drug-likeness (QED) is 0.805. The number of amides is 1. The third-order valence-electron chi connectivity index (χ3n) is 2.70. The number of likely N-dealkylation sites (N-methyl/N-ethyl adjacent to an activating group) is 1. The fraction of sp³-hybridized carbons (Fsp3) is 0.636. The van der Waals surface area contributed by atoms with Crippen molar-refractivity contribution in [3.05, 3.63) is 18.0 Å². The Bertz CT molecular complexity index is 377. The van der Waals surface area contributed by atoms with Crippen LogP contribution in [-0.2, 0) is 0 Å². The van der Waals surface area contributed by atoms with E-state index in [1.165, 1.54) is 12.3 Å². The van der Waals surface area contributed by atoms with Crippen LogP contribution in [0, 0.1) is 0 Å². The first-order chi connectivity index (χ1) is 8.60. The van der Waals surface area contributed by atoms with Gasteiger partial charge < -0.3 is 10.2 Å². The fourth-order valence-corrected chi connectivity index (χ4v) is 1.61. The molecule has 0 radical (unpaired) electrons. The predicted octanol–water partition coefficient (Wildman–Crippen LogP) is 1.35. The lowest BCUT2D eigenvalue weighted by molar-refractivity contribution is 0.0509. The lowest BCUT2D eigenvalue weighted by Gasteiger charge is -2.18. The van der Waals surface area contributed by atoms with E-state index < -0.39 is 12.5 Å². The molecule has 0 aliphatic rings. The lowest BCUT2D eigenvalue weighted by atomic mass is 10.4. The molecule has 0 fully saturated rings. The van der Waals surface area contributed by atoms with Crippen molar-refractivity contribution in [2.45, 2.75) is 20.4 Å². The molecule has 0 atom stereocenters. The van der Waals surface area contributed by atoms with Gasteiger partial charge in [0.25, 0.3) is 5.91 Å². The van der Waals surface area contributed by atoms with E-state index in [0.29, 0.717) is 17.8 Å². The first-order valence-corrected chi connectivity index (χ1v) is 5.92. The zero-order chi connectivity index (χ0) is 13.5. The molecule has 102 valence electrons. The van der Waals surface area contributed by atoms with E-state index >= 15 is 0 Å². The summed E-state index contributed by atoms with van der Waals surface area (Å²) in [5, 5.41) is 6.01. The Hall–Kier alpha value is -1.50. The van der Waals surface area contributed by atoms with Gasteiger partial charge >= 0.3 is 6.55 Å². The standard InChI is InChI=1S/C11H18F2N4O/c1-3-16(4-2)8-7-14-10(18)9-5-6-15-17(9)11(12)13/h5-6,11H,3-4,7-8H2,1-2H3,(H,14,18). The van der Waals surface area contributed by atoms with Crippen LogP contribution in [0.25, 0.3) is 0 Å². The summed E-state index contributed by atoms with van der Waals surface area (Å²) in [5.41, 5.74) is -0.121. The maximum absolute atomic E-state index is 12.5. The van der Waals surface area contributed by atoms with Crippen molar-refractivity contribution in [1.82, 2.24) is 20.0 Å². The summed E-state index contributed by atoms with van der Waals surface area (Å²) in [7, 11) is 0. The second-order valence-electron chi connectivity index (χ2n) is 3.72. The van der Waals surface area contributed by atoms with E-state index in [-0.39, 0.29) is 5.69 Å². The van der Waals surface area contributed by atoms with Crippen molar-refractivity contribution in [3.63, 3.8) is 0 Å². The highest BCUT2D eigenvalue weighted by Crippen LogP contribution is 2.11. The van der Waals surface area contributed by atoms with Gasteiger partial charge in [-0.25, -0.2) is 0 Å². The van der Waals surface area contributed by atoms with Gasteiger partial charge in [0, 0.05) is 19.3 Å². The summed E-state index contributed by atoms with van der Waals surface area (Å²) in [4.78, 5) is 13.8. The van der Waals surface area contributed by atoms with E-state index in [1.54, 1.807) is 0 Å². The highest BCUT2D eigenvalue weighted by molar-refractivity contribution is 5.92. The van der Waals surface area contributed by atoms with Crippen LogP contribution in [0.15, 0.2) is 12.3 Å². The van der Waals surface area contributed by atoms with E-state index in [9.17, 15) is 13.6 Å². The molecule has 0 bridgehead atoms. The number of aromatic nitrogens is 2. The molecular weight excluding hydrogens is 242 g/mol. The average molecular weight is 260 g/mol. The lowest BCUT2D eigenvalue weighted by Crippen LogP contribution is -2.35. The van der Waals surface area contributed by atoms with Gasteiger partial charge in [-0.1, -0.05) is 13.8 Å². The highest BCUT2D eigenvalue weighted by atomic mass is 19.3. The van der Waals surface area contributed by atoms with Gasteiger partial charge in [-0.15, -0.1) is 0 Å². The third kappa shape index (κ3) is 3.76. The Morgan fingerprint density at radius 3 is 2.72 bits per heavy atom. The second kappa shape index (κ2) is 7.05. The fourth-order valence-electron chi connectivity index (χ4n) is 1.61. The number of hydrogen-bond acceptors (Lipinski definition) is 3. The van der Waals surface area contributed by atoms with Crippen LogP contribution in [0.3, 0.4) is 0 Å². The number of hydrogen-bond donors (Lipinski definition) is 1. The summed E-state index contributed by atoms with van der Waals surface area (Å²) >= 11 is 0. The van der Waals surface area contributed by atoms with Crippen molar-refractivity contribution in [3.8, 4) is 0 Å². The third-order valence-corrected chi connectivity index (χ3v) is 2.70. The molecule has 1 heterocycles. The van der Waals surface area contributed by atoms with Crippen LogP contribution in [0.4, 0.5) is 8.78 Å². The van der Waals surface area contributed by atoms with E-state index in [4.69, 9.17) is 0 Å². The summed E-state index contributed by atoms with van der Waals surface area (Å²) in [6.45, 7) is 4.15. The number of halogens is 2. The van der Waals surface area contributed by atoms with Gasteiger partial charge in [-0.3, -0.25) is 4.79 Å². The number of carbonyl (C=O) groups is 1. The Morgan fingerprint density at radius 1 is 1.50 bits per heavy atom. The van der Waals surface area contributed by atoms with Gasteiger partial charge in [0.2, 0.25) is 0 Å². The molecule has 1 aromatic rings. The largest absolute Gasteiger partial charge is 0.349 e. The van der Waals surface area contributed by atoms with E-state index in [0.717, 1.165) is 13.1 Å². The minimum absolute atomic E-state index is 0.121. The van der Waals surface area contributed by atoms with Crippen molar-refractivity contribution in [1.29, 1.82) is 0 Å². The van der Waals surface area contributed by atoms with Gasteiger partial charge in [-0.05, 0) is 19.2 Å². The molecule has 0 spiro atoms. The number of nitrogens with zero attached hydrogens (tertiary/aromatic N) is 3. The first kappa shape index (κ1) is 14.6. The Kier molecular flexibility index (Phi) is 5.70. The van der Waals surface area contributed by atoms with Crippen molar-refractivity contribution < 1.29 is 13.6 Å². The molecule has 1 rings (SSSR count). The van der Waals surface area contributed by atoms with Crippen LogP contribution in [0.1, 0.15) is 30.9 Å². The van der Waals surface area contributed by atoms with Crippen LogP contribution >= 0.6 is 0 Å². The molecule has 1 aromatic heterocycles. The van der Waals surface area contributed by atoms with Crippen LogP contribution < -0.4 is 5.32 Å². The maximum Gasteiger partial charge on any atom is 0.333 e. The summed E-state index contributed by atoms with van der Waals surface area (Å²) in [5.74, 6) is -0.528. The summed E-state index contributed by atoms with van der Waals surface area (Å²) in [6, 6.07) is 1.28. The molecule has 0 unspecified atom stereocenters. The van der Waals surface area contributed by atoms with Crippen LogP contribution in [0.5, 0.6) is 0 Å². The molecule has 1 amide bonds. The predicted molar refractivity (Wildman–Crippen MR) is 63.6 cm³/mol. The number of nitrogens with one attached hydrogen (secondary N) is 1. The van der Waals surface area contributed by atoms with Gasteiger partial charge in [-0.2, -0.15) is 18.6 Å². The smallest absolute Gasteiger partial charge is 0.333 e. The molecule has 1 N–H and O–H groups in total. The Balaban J connectivity index is 2.48. The normalized spacial score (nSPS) is 11.2. The summed E-state index contributed by atoms with van der Waals surface area (Å²) < 4.78 is 25.4. The highest BCUT2D eigenvalue weighted by Gasteiger charge is 2.17. The van der Waals surface area contributed by atoms with E-state index in [1.807, 2.05) is 13.8 Å². The molecule has 7 heteroatoms. The molecule has 0 aliphatic heterocycles. The van der Waals surface area contributed by atoms with Gasteiger partial charge in [0.15, 0.2) is 0 Å². The van der Waals surface area contributed by atoms with Crippen molar-refractivity contribution in [2.75, 3.05) is 26.2 Å². The molecule has 0 saturated carbocycles. The SMILES string of the molecule is CCN(CC)CCNC(=O)c1ccnn1C(F)F. The zero-order valence-electron chi connectivity index (χ0n) is 10.6. The average Bonchev–Trinajstić information content (AvgIpc) is 2.83. The second-order valence-corrected chi connectivity index (χ2v) is 3.72. The Morgan fingerprint density at radius 2 is 2.17 bits per heavy atom. The van der Waals surface area contributed by atoms with Gasteiger partial charge in [0.1, 0.15) is 5.69 Å². The molecule has 0 aliphatic carbocycles. The molecule has 0 saturated heterocycles. The topological polar surface area (TPSA) is 50.2 Å².